The van der Waals surface area contributed by atoms with Gasteiger partial charge < -0.3 is 15.2 Å². The smallest absolute Gasteiger partial charge is 0.177 e. The van der Waals surface area contributed by atoms with E-state index < -0.39 is 5.60 Å². The molecule has 0 spiro atoms. The van der Waals surface area contributed by atoms with Crippen LogP contribution >= 0.6 is 0 Å². The van der Waals surface area contributed by atoms with Crippen LogP contribution in [0.4, 0.5) is 0 Å². The highest BCUT2D eigenvalue weighted by molar-refractivity contribution is 5.88. The summed E-state index contributed by atoms with van der Waals surface area (Å²) in [6, 6.07) is 0. The molecule has 0 fully saturated rings. The molecule has 1 aliphatic rings. The third-order valence-corrected chi connectivity index (χ3v) is 2.86. The number of carbonyl (C=O) groups is 1. The van der Waals surface area contributed by atoms with Crippen molar-refractivity contribution in [2.45, 2.75) is 45.0 Å². The van der Waals surface area contributed by atoms with Crippen molar-refractivity contribution in [3.05, 3.63) is 12.3 Å². The van der Waals surface area contributed by atoms with Crippen LogP contribution in [-0.2, 0) is 14.3 Å². The summed E-state index contributed by atoms with van der Waals surface area (Å²) in [6.07, 6.45) is 3.98. The van der Waals surface area contributed by atoms with Gasteiger partial charge in [-0.2, -0.15) is 0 Å². The van der Waals surface area contributed by atoms with Gasteiger partial charge in [-0.1, -0.05) is 6.92 Å². The Morgan fingerprint density at radius 2 is 2.33 bits per heavy atom. The summed E-state index contributed by atoms with van der Waals surface area (Å²) < 4.78 is 10.9. The second-order valence-corrected chi connectivity index (χ2v) is 3.96. The number of rotatable bonds is 6. The van der Waals surface area contributed by atoms with Crippen molar-refractivity contribution in [2.75, 3.05) is 6.54 Å². The summed E-state index contributed by atoms with van der Waals surface area (Å²) in [7, 11) is 0. The highest BCUT2D eigenvalue weighted by atomic mass is 16.6. The summed E-state index contributed by atoms with van der Waals surface area (Å²) in [5, 5.41) is 0. The van der Waals surface area contributed by atoms with Crippen molar-refractivity contribution >= 4 is 5.78 Å². The molecule has 4 nitrogen and oxygen atoms in total. The standard InChI is InChI=1S/C11H19NO3/c1-4-11(3,10(13)7-12)15-8(2)9-5-6-14-9/h5-6,8-9H,4,7,12H2,1-3H3. The van der Waals surface area contributed by atoms with Crippen LogP contribution in [0, 0.1) is 0 Å². The molecule has 0 aromatic carbocycles. The lowest BCUT2D eigenvalue weighted by Gasteiger charge is -2.34. The van der Waals surface area contributed by atoms with Crippen molar-refractivity contribution in [3.8, 4) is 0 Å². The topological polar surface area (TPSA) is 61.5 Å². The number of nitrogens with two attached hydrogens (primary N) is 1. The summed E-state index contributed by atoms with van der Waals surface area (Å²) >= 11 is 0. The minimum absolute atomic E-state index is 0.0123. The molecule has 0 saturated heterocycles. The van der Waals surface area contributed by atoms with Gasteiger partial charge in [0.2, 0.25) is 0 Å². The van der Waals surface area contributed by atoms with Crippen LogP contribution in [0.5, 0.6) is 0 Å². The van der Waals surface area contributed by atoms with Gasteiger partial charge in [0.1, 0.15) is 11.7 Å². The zero-order chi connectivity index (χ0) is 11.5. The number of ketones is 1. The molecule has 15 heavy (non-hydrogen) atoms. The van der Waals surface area contributed by atoms with Crippen LogP contribution < -0.4 is 5.73 Å². The Morgan fingerprint density at radius 1 is 1.73 bits per heavy atom. The van der Waals surface area contributed by atoms with E-state index in [0.29, 0.717) is 6.42 Å². The lowest BCUT2D eigenvalue weighted by molar-refractivity contribution is -0.157. The van der Waals surface area contributed by atoms with E-state index in [1.807, 2.05) is 19.9 Å². The first-order valence-corrected chi connectivity index (χ1v) is 5.27. The Bertz CT molecular complexity index is 265. The van der Waals surface area contributed by atoms with E-state index in [-0.39, 0.29) is 24.5 Å². The maximum absolute atomic E-state index is 11.6. The maximum Gasteiger partial charge on any atom is 0.177 e. The SMILES string of the molecule is CCC(C)(OC(C)C1C=CO1)C(=O)CN. The number of carbonyl (C=O) groups excluding carboxylic acids is 1. The van der Waals surface area contributed by atoms with Gasteiger partial charge in [0, 0.05) is 0 Å². The van der Waals surface area contributed by atoms with Crippen LogP contribution in [-0.4, -0.2) is 30.1 Å². The average molecular weight is 213 g/mol. The summed E-state index contributed by atoms with van der Waals surface area (Å²) in [4.78, 5) is 11.6. The molecule has 3 unspecified atom stereocenters. The molecule has 1 rings (SSSR count). The molecular weight excluding hydrogens is 194 g/mol. The molecule has 1 heterocycles. The molecule has 86 valence electrons. The zero-order valence-electron chi connectivity index (χ0n) is 9.53. The van der Waals surface area contributed by atoms with E-state index in [0.717, 1.165) is 0 Å². The molecule has 0 radical (unpaired) electrons. The van der Waals surface area contributed by atoms with Gasteiger partial charge in [0.05, 0.1) is 18.9 Å². The first kappa shape index (κ1) is 12.2. The molecule has 2 N–H and O–H groups in total. The maximum atomic E-state index is 11.6. The normalized spacial score (nSPS) is 24.9. The fourth-order valence-electron chi connectivity index (χ4n) is 1.48. The third-order valence-electron chi connectivity index (χ3n) is 2.86. The molecule has 0 saturated carbocycles. The third kappa shape index (κ3) is 2.58. The van der Waals surface area contributed by atoms with Crippen molar-refractivity contribution < 1.29 is 14.3 Å². The van der Waals surface area contributed by atoms with E-state index in [9.17, 15) is 4.79 Å². The zero-order valence-corrected chi connectivity index (χ0v) is 9.53. The van der Waals surface area contributed by atoms with Gasteiger partial charge in [0.25, 0.3) is 0 Å². The van der Waals surface area contributed by atoms with Gasteiger partial charge in [-0.3, -0.25) is 4.79 Å². The first-order valence-electron chi connectivity index (χ1n) is 5.27. The van der Waals surface area contributed by atoms with E-state index in [2.05, 4.69) is 0 Å². The van der Waals surface area contributed by atoms with Gasteiger partial charge in [-0.25, -0.2) is 0 Å². The molecule has 3 atom stereocenters. The van der Waals surface area contributed by atoms with Crippen LogP contribution in [0.15, 0.2) is 12.3 Å². The highest BCUT2D eigenvalue weighted by Gasteiger charge is 2.35. The predicted molar refractivity (Wildman–Crippen MR) is 57.3 cm³/mol. The second kappa shape index (κ2) is 4.77. The number of Topliss-reactive ketones (excluding diaryl/α,β-unsaturated/α-hetero) is 1. The molecule has 1 aliphatic heterocycles. The highest BCUT2D eigenvalue weighted by Crippen LogP contribution is 2.23. The molecule has 0 amide bonds. The fourth-order valence-corrected chi connectivity index (χ4v) is 1.48. The average Bonchev–Trinajstić information content (AvgIpc) is 2.13. The summed E-state index contributed by atoms with van der Waals surface area (Å²) in [5.74, 6) is -0.0693. The van der Waals surface area contributed by atoms with Crippen molar-refractivity contribution in [1.82, 2.24) is 0 Å². The van der Waals surface area contributed by atoms with Crippen molar-refractivity contribution in [1.29, 1.82) is 0 Å². The van der Waals surface area contributed by atoms with Crippen LogP contribution in [0.25, 0.3) is 0 Å². The van der Waals surface area contributed by atoms with Gasteiger partial charge >= 0.3 is 0 Å². The Kier molecular flexibility index (Phi) is 3.88. The fraction of sp³-hybridized carbons (Fsp3) is 0.727. The quantitative estimate of drug-likeness (QED) is 0.715. The summed E-state index contributed by atoms with van der Waals surface area (Å²) in [6.45, 7) is 5.60. The van der Waals surface area contributed by atoms with E-state index in [1.165, 1.54) is 0 Å². The minimum atomic E-state index is -0.791. The Hall–Kier alpha value is -0.870. The van der Waals surface area contributed by atoms with Gasteiger partial charge in [0.15, 0.2) is 5.78 Å². The molecule has 4 heteroatoms. The summed E-state index contributed by atoms with van der Waals surface area (Å²) in [5.41, 5.74) is 4.57. The molecular formula is C11H19NO3. The number of hydrogen-bond donors (Lipinski definition) is 1. The second-order valence-electron chi connectivity index (χ2n) is 3.96. The molecule has 0 aromatic rings. The number of ether oxygens (including phenoxy) is 2. The van der Waals surface area contributed by atoms with Crippen LogP contribution in [0.2, 0.25) is 0 Å². The number of hydrogen-bond acceptors (Lipinski definition) is 4. The molecule has 0 aliphatic carbocycles. The van der Waals surface area contributed by atoms with Gasteiger partial charge in [-0.05, 0) is 26.3 Å². The lowest BCUT2D eigenvalue weighted by Crippen LogP contribution is -2.47. The van der Waals surface area contributed by atoms with Crippen LogP contribution in [0.1, 0.15) is 27.2 Å². The Labute approximate surface area is 90.4 Å². The monoisotopic (exact) mass is 213 g/mol. The minimum Gasteiger partial charge on any atom is -0.491 e. The Balaban J connectivity index is 2.58. The van der Waals surface area contributed by atoms with Crippen LogP contribution in [0.3, 0.4) is 0 Å². The Morgan fingerprint density at radius 3 is 2.67 bits per heavy atom. The van der Waals surface area contributed by atoms with E-state index in [1.54, 1.807) is 13.2 Å². The van der Waals surface area contributed by atoms with E-state index >= 15 is 0 Å². The largest absolute Gasteiger partial charge is 0.491 e. The van der Waals surface area contributed by atoms with Crippen molar-refractivity contribution in [3.63, 3.8) is 0 Å². The van der Waals surface area contributed by atoms with Gasteiger partial charge in [-0.15, -0.1) is 0 Å². The van der Waals surface area contributed by atoms with E-state index in [4.69, 9.17) is 15.2 Å². The predicted octanol–water partition coefficient (Wildman–Crippen LogP) is 1.00. The molecule has 0 aromatic heterocycles. The molecule has 0 bridgehead atoms. The first-order chi connectivity index (χ1) is 7.03. The van der Waals surface area contributed by atoms with Crippen molar-refractivity contribution in [2.24, 2.45) is 5.73 Å². The lowest BCUT2D eigenvalue weighted by atomic mass is 9.96.